The maximum absolute atomic E-state index is 5.78. The lowest BCUT2D eigenvalue weighted by atomic mass is 10.2. The van der Waals surface area contributed by atoms with Gasteiger partial charge < -0.3 is 15.2 Å². The van der Waals surface area contributed by atoms with Crippen molar-refractivity contribution < 1.29 is 0 Å². The molecule has 0 fully saturated rings. The minimum absolute atomic E-state index is 0.0288. The first kappa shape index (κ1) is 12.6. The summed E-state index contributed by atoms with van der Waals surface area (Å²) in [4.78, 5) is 10.8. The first-order valence-electron chi connectivity index (χ1n) is 5.97. The van der Waals surface area contributed by atoms with E-state index in [0.29, 0.717) is 0 Å². The predicted molar refractivity (Wildman–Crippen MR) is 72.2 cm³/mol. The van der Waals surface area contributed by atoms with Crippen molar-refractivity contribution in [1.29, 1.82) is 0 Å². The quantitative estimate of drug-likeness (QED) is 0.886. The van der Waals surface area contributed by atoms with E-state index >= 15 is 0 Å². The van der Waals surface area contributed by atoms with E-state index in [4.69, 9.17) is 5.73 Å². The van der Waals surface area contributed by atoms with Crippen molar-refractivity contribution >= 4 is 5.69 Å². The number of anilines is 1. The van der Waals surface area contributed by atoms with E-state index in [2.05, 4.69) is 14.9 Å². The standard InChI is InChI=1S/C13H19N5/c1-10(14)12-5-4-11(8-16-12)18(3)9-13-15-6-7-17(13)2/h4-8,10H,9,14H2,1-3H3. The van der Waals surface area contributed by atoms with E-state index in [1.54, 1.807) is 6.20 Å². The van der Waals surface area contributed by atoms with E-state index in [1.807, 2.05) is 50.1 Å². The lowest BCUT2D eigenvalue weighted by molar-refractivity contribution is 0.755. The zero-order valence-corrected chi connectivity index (χ0v) is 11.0. The molecule has 18 heavy (non-hydrogen) atoms. The first-order chi connectivity index (χ1) is 8.58. The molecule has 2 aromatic heterocycles. The fourth-order valence-electron chi connectivity index (χ4n) is 1.74. The third-order valence-electron chi connectivity index (χ3n) is 2.98. The van der Waals surface area contributed by atoms with Gasteiger partial charge in [0, 0.05) is 32.5 Å². The largest absolute Gasteiger partial charge is 0.366 e. The van der Waals surface area contributed by atoms with Gasteiger partial charge in [-0.1, -0.05) is 0 Å². The molecular weight excluding hydrogens is 226 g/mol. The molecule has 1 unspecified atom stereocenters. The molecule has 1 atom stereocenters. The highest BCUT2D eigenvalue weighted by Gasteiger charge is 2.07. The summed E-state index contributed by atoms with van der Waals surface area (Å²) in [6.45, 7) is 2.68. The lowest BCUT2D eigenvalue weighted by Crippen LogP contribution is -2.19. The molecule has 0 aliphatic rings. The monoisotopic (exact) mass is 245 g/mol. The molecule has 5 nitrogen and oxygen atoms in total. The van der Waals surface area contributed by atoms with Crippen LogP contribution in [0.1, 0.15) is 24.5 Å². The normalized spacial score (nSPS) is 12.4. The Balaban J connectivity index is 2.09. The van der Waals surface area contributed by atoms with Crippen molar-refractivity contribution in [3.8, 4) is 0 Å². The highest BCUT2D eigenvalue weighted by Crippen LogP contribution is 2.15. The van der Waals surface area contributed by atoms with Gasteiger partial charge in [0.05, 0.1) is 24.1 Å². The van der Waals surface area contributed by atoms with Crippen LogP contribution in [0.4, 0.5) is 5.69 Å². The summed E-state index contributed by atoms with van der Waals surface area (Å²) >= 11 is 0. The van der Waals surface area contributed by atoms with Gasteiger partial charge in [-0.05, 0) is 19.1 Å². The molecule has 2 rings (SSSR count). The number of rotatable bonds is 4. The topological polar surface area (TPSA) is 60.0 Å². The molecule has 0 radical (unpaired) electrons. The summed E-state index contributed by atoms with van der Waals surface area (Å²) in [5, 5.41) is 0. The third-order valence-corrected chi connectivity index (χ3v) is 2.98. The van der Waals surface area contributed by atoms with Gasteiger partial charge in [0.15, 0.2) is 0 Å². The number of nitrogens with zero attached hydrogens (tertiary/aromatic N) is 4. The van der Waals surface area contributed by atoms with Crippen LogP contribution >= 0.6 is 0 Å². The van der Waals surface area contributed by atoms with Gasteiger partial charge >= 0.3 is 0 Å². The van der Waals surface area contributed by atoms with Gasteiger partial charge in [0.2, 0.25) is 0 Å². The first-order valence-corrected chi connectivity index (χ1v) is 5.97. The van der Waals surface area contributed by atoms with E-state index < -0.39 is 0 Å². The highest BCUT2D eigenvalue weighted by molar-refractivity contribution is 5.43. The number of aryl methyl sites for hydroxylation is 1. The number of aromatic nitrogens is 3. The van der Waals surface area contributed by atoms with Crippen molar-refractivity contribution in [3.63, 3.8) is 0 Å². The van der Waals surface area contributed by atoms with Gasteiger partial charge in [-0.25, -0.2) is 4.98 Å². The van der Waals surface area contributed by atoms with Crippen LogP contribution in [0.15, 0.2) is 30.7 Å². The van der Waals surface area contributed by atoms with Crippen LogP contribution in [0, 0.1) is 0 Å². The average molecular weight is 245 g/mol. The van der Waals surface area contributed by atoms with E-state index in [-0.39, 0.29) is 6.04 Å². The molecular formula is C13H19N5. The fourth-order valence-corrected chi connectivity index (χ4v) is 1.74. The Hall–Kier alpha value is -1.88. The molecule has 0 saturated heterocycles. The molecule has 2 aromatic rings. The zero-order valence-electron chi connectivity index (χ0n) is 11.0. The average Bonchev–Trinajstić information content (AvgIpc) is 2.75. The van der Waals surface area contributed by atoms with Crippen molar-refractivity contribution in [2.75, 3.05) is 11.9 Å². The van der Waals surface area contributed by atoms with Crippen LogP contribution < -0.4 is 10.6 Å². The molecule has 0 aliphatic heterocycles. The van der Waals surface area contributed by atoms with Gasteiger partial charge in [-0.15, -0.1) is 0 Å². The second kappa shape index (κ2) is 5.18. The van der Waals surface area contributed by atoms with Crippen LogP contribution in [0.5, 0.6) is 0 Å². The highest BCUT2D eigenvalue weighted by atomic mass is 15.2. The fraction of sp³-hybridized carbons (Fsp3) is 0.385. The summed E-state index contributed by atoms with van der Waals surface area (Å²) in [7, 11) is 4.02. The number of imidazole rings is 1. The smallest absolute Gasteiger partial charge is 0.127 e. The second-order valence-electron chi connectivity index (χ2n) is 4.54. The summed E-state index contributed by atoms with van der Waals surface area (Å²) in [6.07, 6.45) is 5.60. The van der Waals surface area contributed by atoms with Gasteiger partial charge in [-0.2, -0.15) is 0 Å². The van der Waals surface area contributed by atoms with Crippen LogP contribution in [0.3, 0.4) is 0 Å². The Morgan fingerprint density at radius 3 is 2.67 bits per heavy atom. The molecule has 0 amide bonds. The molecule has 96 valence electrons. The summed E-state index contributed by atoms with van der Waals surface area (Å²) in [6, 6.07) is 3.97. The van der Waals surface area contributed by atoms with E-state index in [9.17, 15) is 0 Å². The van der Waals surface area contributed by atoms with Crippen LogP contribution in [-0.2, 0) is 13.6 Å². The predicted octanol–water partition coefficient (Wildman–Crippen LogP) is 1.47. The minimum atomic E-state index is -0.0288. The molecule has 0 saturated carbocycles. The Labute approximate surface area is 107 Å². The number of hydrogen-bond acceptors (Lipinski definition) is 4. The lowest BCUT2D eigenvalue weighted by Gasteiger charge is -2.19. The minimum Gasteiger partial charge on any atom is -0.366 e. The van der Waals surface area contributed by atoms with Crippen LogP contribution in [0.25, 0.3) is 0 Å². The summed E-state index contributed by atoms with van der Waals surface area (Å²) in [5.41, 5.74) is 7.74. The number of hydrogen-bond donors (Lipinski definition) is 1. The van der Waals surface area contributed by atoms with Gasteiger partial charge in [0.25, 0.3) is 0 Å². The molecule has 0 bridgehead atoms. The van der Waals surface area contributed by atoms with Gasteiger partial charge in [-0.3, -0.25) is 4.98 Å². The van der Waals surface area contributed by atoms with Crippen LogP contribution in [0.2, 0.25) is 0 Å². The molecule has 0 aliphatic carbocycles. The van der Waals surface area contributed by atoms with Crippen molar-refractivity contribution in [3.05, 3.63) is 42.2 Å². The van der Waals surface area contributed by atoms with Crippen LogP contribution in [-0.4, -0.2) is 21.6 Å². The second-order valence-corrected chi connectivity index (χ2v) is 4.54. The summed E-state index contributed by atoms with van der Waals surface area (Å²) in [5.74, 6) is 1.02. The van der Waals surface area contributed by atoms with Crippen molar-refractivity contribution in [2.45, 2.75) is 19.5 Å². The van der Waals surface area contributed by atoms with Gasteiger partial charge in [0.1, 0.15) is 5.82 Å². The molecule has 0 aromatic carbocycles. The maximum Gasteiger partial charge on any atom is 0.127 e. The molecule has 0 spiro atoms. The Kier molecular flexibility index (Phi) is 3.62. The summed E-state index contributed by atoms with van der Waals surface area (Å²) < 4.78 is 2.01. The third kappa shape index (κ3) is 2.68. The van der Waals surface area contributed by atoms with E-state index in [0.717, 1.165) is 23.8 Å². The molecule has 2 N–H and O–H groups in total. The van der Waals surface area contributed by atoms with E-state index in [1.165, 1.54) is 0 Å². The maximum atomic E-state index is 5.78. The van der Waals surface area contributed by atoms with Crippen molar-refractivity contribution in [2.24, 2.45) is 12.8 Å². The molecule has 2 heterocycles. The Morgan fingerprint density at radius 1 is 1.39 bits per heavy atom. The molecule has 5 heteroatoms. The Bertz CT molecular complexity index is 500. The number of pyridine rings is 1. The zero-order chi connectivity index (χ0) is 13.1. The SMILES string of the molecule is CC(N)c1ccc(N(C)Cc2nccn2C)cn1. The van der Waals surface area contributed by atoms with Crippen molar-refractivity contribution in [1.82, 2.24) is 14.5 Å². The Morgan fingerprint density at radius 2 is 2.17 bits per heavy atom. The number of nitrogens with two attached hydrogens (primary N) is 1.